The Kier molecular flexibility index (Phi) is 5.96. The summed E-state index contributed by atoms with van der Waals surface area (Å²) in [6.07, 6.45) is 0. The summed E-state index contributed by atoms with van der Waals surface area (Å²) < 4.78 is 4.66. The second kappa shape index (κ2) is 9.79. The van der Waals surface area contributed by atoms with Crippen molar-refractivity contribution in [2.24, 2.45) is 0 Å². The van der Waals surface area contributed by atoms with Crippen molar-refractivity contribution < 1.29 is 0 Å². The molecular weight excluding hydrogens is 588 g/mol. The molecule has 0 unspecified atom stereocenters. The topological polar surface area (TPSA) is 43.0 Å². The normalized spacial score (nSPS) is 13.1. The van der Waals surface area contributed by atoms with Crippen molar-refractivity contribution >= 4 is 76.2 Å². The molecule has 9 aromatic rings. The molecule has 5 aromatic carbocycles. The lowest BCUT2D eigenvalue weighted by Gasteiger charge is -2.12. The lowest BCUT2D eigenvalue weighted by Crippen LogP contribution is -2.08. The first-order valence-electron chi connectivity index (χ1n) is 17.5. The van der Waals surface area contributed by atoms with Crippen molar-refractivity contribution in [3.63, 3.8) is 0 Å². The van der Waals surface area contributed by atoms with Gasteiger partial charge in [0, 0.05) is 43.1 Å². The van der Waals surface area contributed by atoms with Crippen LogP contribution in [0.15, 0.2) is 82.4 Å². The third-order valence-electron chi connectivity index (χ3n) is 11.1. The van der Waals surface area contributed by atoms with Crippen LogP contribution in [0, 0.1) is 0 Å². The number of hydrogen-bond acceptors (Lipinski definition) is 2. The first kappa shape index (κ1) is 29.2. The quantitative estimate of drug-likeness (QED) is 0.182. The Bertz CT molecular complexity index is 2740. The van der Waals surface area contributed by atoms with E-state index in [1.54, 1.807) is 0 Å². The zero-order valence-electron chi connectivity index (χ0n) is 28.9. The van der Waals surface area contributed by atoms with Gasteiger partial charge in [0.1, 0.15) is 0 Å². The molecule has 0 saturated carbocycles. The molecule has 0 radical (unpaired) electrons. The molecule has 4 heterocycles. The van der Waals surface area contributed by atoms with Crippen LogP contribution in [0.25, 0.3) is 76.2 Å². The molecule has 0 aliphatic rings. The second-order valence-electron chi connectivity index (χ2n) is 15.3. The molecule has 0 aliphatic heterocycles. The number of benzene rings is 5. The Balaban J connectivity index is 1.60. The molecule has 0 saturated heterocycles. The highest BCUT2D eigenvalue weighted by molar-refractivity contribution is 6.32. The van der Waals surface area contributed by atoms with E-state index in [0.29, 0.717) is 11.8 Å². The second-order valence-corrected chi connectivity index (χ2v) is 15.3. The smallest absolute Gasteiger partial charge is 0.197 e. The van der Waals surface area contributed by atoms with Gasteiger partial charge in [0.25, 0.3) is 0 Å². The third-order valence-corrected chi connectivity index (χ3v) is 11.1. The average molecular weight is 629 g/mol. The molecule has 4 heteroatoms. The number of nitrogens with zero attached hydrogens (tertiary/aromatic N) is 2. The van der Waals surface area contributed by atoms with Crippen molar-refractivity contribution in [2.75, 3.05) is 0 Å². The zero-order chi connectivity index (χ0) is 33.5. The highest BCUT2D eigenvalue weighted by Gasteiger charge is 2.25. The Morgan fingerprint density at radius 1 is 0.375 bits per heavy atom. The van der Waals surface area contributed by atoms with E-state index in [0.717, 1.165) is 87.3 Å². The van der Waals surface area contributed by atoms with Crippen LogP contribution >= 0.6 is 0 Å². The van der Waals surface area contributed by atoms with Crippen LogP contribution in [0.5, 0.6) is 0 Å². The van der Waals surface area contributed by atoms with Gasteiger partial charge in [0.15, 0.2) is 10.9 Å². The summed E-state index contributed by atoms with van der Waals surface area (Å²) in [6.45, 7) is 17.5. The third kappa shape index (κ3) is 3.66. The van der Waals surface area contributed by atoms with Crippen molar-refractivity contribution in [1.82, 2.24) is 8.80 Å². The lowest BCUT2D eigenvalue weighted by molar-refractivity contribution is 0.868. The number of aromatic nitrogens is 2. The summed E-state index contributed by atoms with van der Waals surface area (Å²) in [7, 11) is 0. The van der Waals surface area contributed by atoms with Crippen LogP contribution in [0.3, 0.4) is 0 Å². The SMILES string of the molecule is CC(C)c1ccc2c(c1)c(=O)c1cc(C(C)C)cc3c4c5c6cc(C(C)C)cc7c(=O)c8cc(C(C)C)ccc8n(c5ccc4n2c13)c76. The highest BCUT2D eigenvalue weighted by atomic mass is 16.1. The molecule has 9 rings (SSSR count). The number of fused-ring (bicyclic) bond motifs is 11. The molecule has 0 N–H and O–H groups in total. The zero-order valence-corrected chi connectivity index (χ0v) is 28.9. The fraction of sp³-hybridized carbons (Fsp3) is 0.273. The van der Waals surface area contributed by atoms with Gasteiger partial charge in [-0.3, -0.25) is 9.59 Å². The van der Waals surface area contributed by atoms with Gasteiger partial charge in [-0.15, -0.1) is 0 Å². The van der Waals surface area contributed by atoms with Crippen LogP contribution in [0.2, 0.25) is 0 Å². The van der Waals surface area contributed by atoms with E-state index >= 15 is 0 Å². The lowest BCUT2D eigenvalue weighted by atomic mass is 9.94. The van der Waals surface area contributed by atoms with Crippen LogP contribution in [0.1, 0.15) is 101 Å². The van der Waals surface area contributed by atoms with Crippen molar-refractivity contribution in [3.05, 3.63) is 115 Å². The van der Waals surface area contributed by atoms with Gasteiger partial charge in [-0.1, -0.05) is 67.5 Å². The Morgan fingerprint density at radius 3 is 1.04 bits per heavy atom. The Labute approximate surface area is 278 Å². The van der Waals surface area contributed by atoms with Gasteiger partial charge in [-0.05, 0) is 107 Å². The summed E-state index contributed by atoms with van der Waals surface area (Å²) in [5.74, 6) is 1.14. The van der Waals surface area contributed by atoms with Crippen LogP contribution in [0.4, 0.5) is 0 Å². The van der Waals surface area contributed by atoms with Crippen LogP contribution < -0.4 is 10.9 Å². The van der Waals surface area contributed by atoms with E-state index in [-0.39, 0.29) is 22.7 Å². The first-order valence-corrected chi connectivity index (χ1v) is 17.5. The summed E-state index contributed by atoms with van der Waals surface area (Å²) in [4.78, 5) is 28.8. The molecule has 0 atom stereocenters. The molecule has 0 aliphatic carbocycles. The van der Waals surface area contributed by atoms with Crippen LogP contribution in [-0.2, 0) is 0 Å². The minimum atomic E-state index is 0.0942. The monoisotopic (exact) mass is 628 g/mol. The number of rotatable bonds is 4. The van der Waals surface area contributed by atoms with E-state index < -0.39 is 0 Å². The van der Waals surface area contributed by atoms with E-state index in [1.807, 2.05) is 0 Å². The maximum atomic E-state index is 14.4. The maximum Gasteiger partial charge on any atom is 0.197 e. The molecule has 4 aromatic heterocycles. The standard InChI is InChI=1S/C44H40N2O2/c1-21(2)25-9-11-35-29(15-25)43(47)33-19-27(23(5)6)17-31-39-37(45(35)41(31)33)13-14-38-40(39)32-18-28(24(7)8)20-34-42(32)46(38)36-12-10-26(22(3)4)16-30(36)44(34)48/h9-24H,1-8H3. The van der Waals surface area contributed by atoms with Crippen molar-refractivity contribution in [3.8, 4) is 0 Å². The summed E-state index contributed by atoms with van der Waals surface area (Å²) in [6, 6.07) is 26.2. The van der Waals surface area contributed by atoms with Crippen LogP contribution in [-0.4, -0.2) is 8.80 Å². The van der Waals surface area contributed by atoms with E-state index in [4.69, 9.17) is 0 Å². The van der Waals surface area contributed by atoms with Gasteiger partial charge in [-0.25, -0.2) is 0 Å². The number of pyridine rings is 2. The first-order chi connectivity index (χ1) is 23.0. The van der Waals surface area contributed by atoms with E-state index in [9.17, 15) is 9.59 Å². The molecule has 0 bridgehead atoms. The summed E-state index contributed by atoms with van der Waals surface area (Å²) in [5, 5.41) is 7.55. The highest BCUT2D eigenvalue weighted by Crippen LogP contribution is 2.45. The van der Waals surface area contributed by atoms with E-state index in [2.05, 4.69) is 137 Å². The summed E-state index contributed by atoms with van der Waals surface area (Å²) >= 11 is 0. The predicted octanol–water partition coefficient (Wildman–Crippen LogP) is 11.2. The Morgan fingerprint density at radius 2 is 0.688 bits per heavy atom. The predicted molar refractivity (Wildman–Crippen MR) is 205 cm³/mol. The van der Waals surface area contributed by atoms with Gasteiger partial charge in [0.2, 0.25) is 0 Å². The van der Waals surface area contributed by atoms with Crippen molar-refractivity contribution in [2.45, 2.75) is 79.1 Å². The summed E-state index contributed by atoms with van der Waals surface area (Å²) in [5.41, 5.74) is 10.8. The van der Waals surface area contributed by atoms with Gasteiger partial charge >= 0.3 is 0 Å². The van der Waals surface area contributed by atoms with Crippen molar-refractivity contribution in [1.29, 1.82) is 0 Å². The number of hydrogen-bond donors (Lipinski definition) is 0. The molecule has 0 spiro atoms. The fourth-order valence-corrected chi connectivity index (χ4v) is 8.30. The molecular formula is C44H40N2O2. The molecule has 4 nitrogen and oxygen atoms in total. The average Bonchev–Trinajstić information content (AvgIpc) is 3.58. The maximum absolute atomic E-state index is 14.4. The molecule has 0 amide bonds. The van der Waals surface area contributed by atoms with Gasteiger partial charge in [-0.2, -0.15) is 0 Å². The fourth-order valence-electron chi connectivity index (χ4n) is 8.30. The molecule has 48 heavy (non-hydrogen) atoms. The minimum Gasteiger partial charge on any atom is -0.308 e. The van der Waals surface area contributed by atoms with Gasteiger partial charge < -0.3 is 8.80 Å². The Hall–Kier alpha value is -4.96. The van der Waals surface area contributed by atoms with Gasteiger partial charge in [0.05, 0.1) is 33.1 Å². The largest absolute Gasteiger partial charge is 0.308 e. The molecule has 238 valence electrons. The molecule has 0 fully saturated rings. The minimum absolute atomic E-state index is 0.0942. The van der Waals surface area contributed by atoms with E-state index in [1.165, 1.54) is 11.1 Å².